The third-order valence-electron chi connectivity index (χ3n) is 4.36. The Morgan fingerprint density at radius 3 is 2.07 bits per heavy atom. The van der Waals surface area contributed by atoms with Crippen LogP contribution < -0.4 is 19.5 Å². The smallest absolute Gasteiger partial charge is 0.339 e. The van der Waals surface area contributed by atoms with Gasteiger partial charge in [0.2, 0.25) is 5.91 Å². The molecule has 0 spiro atoms. The van der Waals surface area contributed by atoms with Gasteiger partial charge in [0.25, 0.3) is 0 Å². The molecule has 144 valence electrons. The maximum atomic E-state index is 12.9. The van der Waals surface area contributed by atoms with E-state index in [2.05, 4.69) is 5.32 Å². The number of nitrogens with one attached hydrogen (secondary N) is 1. The average Bonchev–Trinajstić information content (AvgIpc) is 2.66. The molecule has 0 aliphatic rings. The maximum absolute atomic E-state index is 12.9. The van der Waals surface area contributed by atoms with Gasteiger partial charge in [-0.25, -0.2) is 4.79 Å². The second-order valence-electron chi connectivity index (χ2n) is 6.37. The lowest BCUT2D eigenvalue weighted by Gasteiger charge is -2.25. The molecule has 0 saturated carbocycles. The molecule has 27 heavy (non-hydrogen) atoms. The van der Waals surface area contributed by atoms with Crippen LogP contribution in [0.3, 0.4) is 0 Å². The highest BCUT2D eigenvalue weighted by atomic mass is 16.5. The van der Waals surface area contributed by atoms with E-state index >= 15 is 0 Å². The number of aromatic carboxylic acids is 1. The third kappa shape index (κ3) is 4.13. The summed E-state index contributed by atoms with van der Waals surface area (Å²) in [5, 5.41) is 12.0. The minimum Gasteiger partial charge on any atom is -0.496 e. The van der Waals surface area contributed by atoms with Crippen LogP contribution in [0.1, 0.15) is 29.8 Å². The SMILES string of the molecule is COc1ccc(C(C)(C)C(=O)Nc2ccc(C(=O)O)c(OC)c2)cc1OC. The predicted octanol–water partition coefficient (Wildman–Crippen LogP) is 3.33. The van der Waals surface area contributed by atoms with Crippen molar-refractivity contribution in [1.82, 2.24) is 0 Å². The van der Waals surface area contributed by atoms with E-state index in [4.69, 9.17) is 19.3 Å². The van der Waals surface area contributed by atoms with Crippen molar-refractivity contribution in [3.8, 4) is 17.2 Å². The molecule has 2 N–H and O–H groups in total. The fraction of sp³-hybridized carbons (Fsp3) is 0.300. The lowest BCUT2D eigenvalue weighted by molar-refractivity contribution is -0.120. The molecular formula is C20H23NO6. The van der Waals surface area contributed by atoms with Gasteiger partial charge in [0.05, 0.1) is 26.7 Å². The van der Waals surface area contributed by atoms with Gasteiger partial charge in [-0.15, -0.1) is 0 Å². The highest BCUT2D eigenvalue weighted by molar-refractivity contribution is 5.99. The molecule has 0 unspecified atom stereocenters. The summed E-state index contributed by atoms with van der Waals surface area (Å²) < 4.78 is 15.6. The molecule has 2 rings (SSSR count). The molecule has 1 amide bonds. The second-order valence-corrected chi connectivity index (χ2v) is 6.37. The number of hydrogen-bond donors (Lipinski definition) is 2. The van der Waals surface area contributed by atoms with Crippen LogP contribution in [0.5, 0.6) is 17.2 Å². The van der Waals surface area contributed by atoms with E-state index in [1.54, 1.807) is 39.2 Å². The Bertz CT molecular complexity index is 860. The molecule has 0 heterocycles. The van der Waals surface area contributed by atoms with Crippen molar-refractivity contribution in [2.75, 3.05) is 26.6 Å². The third-order valence-corrected chi connectivity index (χ3v) is 4.36. The van der Waals surface area contributed by atoms with Crippen LogP contribution in [0.4, 0.5) is 5.69 Å². The molecule has 0 radical (unpaired) electrons. The summed E-state index contributed by atoms with van der Waals surface area (Å²) in [6, 6.07) is 9.69. The number of rotatable bonds is 7. The topological polar surface area (TPSA) is 94.1 Å². The number of ether oxygens (including phenoxy) is 3. The first kappa shape index (κ1) is 20.1. The van der Waals surface area contributed by atoms with Gasteiger partial charge in [-0.05, 0) is 43.7 Å². The van der Waals surface area contributed by atoms with E-state index < -0.39 is 11.4 Å². The monoisotopic (exact) mass is 373 g/mol. The normalized spacial score (nSPS) is 10.9. The zero-order valence-corrected chi connectivity index (χ0v) is 16.0. The van der Waals surface area contributed by atoms with Gasteiger partial charge < -0.3 is 24.6 Å². The maximum Gasteiger partial charge on any atom is 0.339 e. The van der Waals surface area contributed by atoms with Crippen LogP contribution in [-0.4, -0.2) is 38.3 Å². The van der Waals surface area contributed by atoms with E-state index in [0.717, 1.165) is 5.56 Å². The standard InChI is InChI=1S/C20H23NO6/c1-20(2,12-6-9-15(25-3)17(10-12)27-5)19(24)21-13-7-8-14(18(22)23)16(11-13)26-4/h6-11H,1-5H3,(H,21,24)(H,22,23). The molecule has 0 fully saturated rings. The van der Waals surface area contributed by atoms with Gasteiger partial charge in [0.1, 0.15) is 11.3 Å². The molecule has 0 atom stereocenters. The summed E-state index contributed by atoms with van der Waals surface area (Å²) in [6.07, 6.45) is 0. The highest BCUT2D eigenvalue weighted by Crippen LogP contribution is 2.34. The van der Waals surface area contributed by atoms with Crippen molar-refractivity contribution in [3.05, 3.63) is 47.5 Å². The molecule has 0 aliphatic carbocycles. The van der Waals surface area contributed by atoms with Crippen LogP contribution in [0, 0.1) is 0 Å². The van der Waals surface area contributed by atoms with Crippen LogP contribution in [0.15, 0.2) is 36.4 Å². The van der Waals surface area contributed by atoms with E-state index in [1.165, 1.54) is 32.4 Å². The molecule has 7 nitrogen and oxygen atoms in total. The van der Waals surface area contributed by atoms with Gasteiger partial charge in [-0.3, -0.25) is 4.79 Å². The first-order valence-electron chi connectivity index (χ1n) is 8.20. The Morgan fingerprint density at radius 1 is 0.889 bits per heavy atom. The first-order chi connectivity index (χ1) is 12.7. The summed E-state index contributed by atoms with van der Waals surface area (Å²) >= 11 is 0. The minimum absolute atomic E-state index is 0.0228. The predicted molar refractivity (Wildman–Crippen MR) is 101 cm³/mol. The molecule has 0 bridgehead atoms. The zero-order valence-electron chi connectivity index (χ0n) is 16.0. The van der Waals surface area contributed by atoms with E-state index in [9.17, 15) is 9.59 Å². The second kappa shape index (κ2) is 7.99. The highest BCUT2D eigenvalue weighted by Gasteiger charge is 2.31. The number of anilines is 1. The van der Waals surface area contributed by atoms with Crippen LogP contribution in [-0.2, 0) is 10.2 Å². The largest absolute Gasteiger partial charge is 0.496 e. The summed E-state index contributed by atoms with van der Waals surface area (Å²) in [7, 11) is 4.45. The van der Waals surface area contributed by atoms with E-state index in [0.29, 0.717) is 17.2 Å². The molecule has 2 aromatic carbocycles. The van der Waals surface area contributed by atoms with Crippen molar-refractivity contribution in [3.63, 3.8) is 0 Å². The van der Waals surface area contributed by atoms with Gasteiger partial charge in [-0.1, -0.05) is 6.07 Å². The van der Waals surface area contributed by atoms with Crippen LogP contribution in [0.25, 0.3) is 0 Å². The van der Waals surface area contributed by atoms with Gasteiger partial charge in [-0.2, -0.15) is 0 Å². The number of amides is 1. The van der Waals surface area contributed by atoms with Crippen LogP contribution in [0.2, 0.25) is 0 Å². The quantitative estimate of drug-likeness (QED) is 0.773. The molecular weight excluding hydrogens is 350 g/mol. The molecule has 0 aromatic heterocycles. The Balaban J connectivity index is 2.30. The van der Waals surface area contributed by atoms with Crippen molar-refractivity contribution >= 4 is 17.6 Å². The minimum atomic E-state index is -1.10. The van der Waals surface area contributed by atoms with Crippen molar-refractivity contribution in [1.29, 1.82) is 0 Å². The summed E-state index contributed by atoms with van der Waals surface area (Å²) in [6.45, 7) is 3.57. The van der Waals surface area contributed by atoms with Crippen LogP contribution >= 0.6 is 0 Å². The molecule has 0 saturated heterocycles. The van der Waals surface area contributed by atoms with E-state index in [1.807, 2.05) is 0 Å². The van der Waals surface area contributed by atoms with Crippen molar-refractivity contribution in [2.24, 2.45) is 0 Å². The van der Waals surface area contributed by atoms with Gasteiger partial charge in [0, 0.05) is 11.8 Å². The van der Waals surface area contributed by atoms with Crippen molar-refractivity contribution in [2.45, 2.75) is 19.3 Å². The number of carboxylic acids is 1. The average molecular weight is 373 g/mol. The summed E-state index contributed by atoms with van der Waals surface area (Å²) in [4.78, 5) is 24.0. The Morgan fingerprint density at radius 2 is 1.52 bits per heavy atom. The molecule has 0 aliphatic heterocycles. The summed E-state index contributed by atoms with van der Waals surface area (Å²) in [5.41, 5.74) is 0.329. The fourth-order valence-corrected chi connectivity index (χ4v) is 2.59. The number of carboxylic acid groups (broad SMARTS) is 1. The van der Waals surface area contributed by atoms with E-state index in [-0.39, 0.29) is 17.2 Å². The number of benzene rings is 2. The van der Waals surface area contributed by atoms with Crippen molar-refractivity contribution < 1.29 is 28.9 Å². The Hall–Kier alpha value is -3.22. The number of carbonyl (C=O) groups is 2. The lowest BCUT2D eigenvalue weighted by Crippen LogP contribution is -2.34. The van der Waals surface area contributed by atoms with Gasteiger partial charge >= 0.3 is 5.97 Å². The number of hydrogen-bond acceptors (Lipinski definition) is 5. The Kier molecular flexibility index (Phi) is 5.95. The number of carbonyl (C=O) groups excluding carboxylic acids is 1. The summed E-state index contributed by atoms with van der Waals surface area (Å²) in [5.74, 6) is -0.0886. The number of methoxy groups -OCH3 is 3. The Labute approximate surface area is 157 Å². The van der Waals surface area contributed by atoms with Gasteiger partial charge in [0.15, 0.2) is 11.5 Å². The lowest BCUT2D eigenvalue weighted by atomic mass is 9.83. The molecule has 2 aromatic rings. The zero-order chi connectivity index (χ0) is 20.2. The fourth-order valence-electron chi connectivity index (χ4n) is 2.59. The molecule has 7 heteroatoms. The first-order valence-corrected chi connectivity index (χ1v) is 8.20.